The van der Waals surface area contributed by atoms with Crippen LogP contribution in [0.5, 0.6) is 11.5 Å². The van der Waals surface area contributed by atoms with Gasteiger partial charge in [0.15, 0.2) is 35.2 Å². The second kappa shape index (κ2) is 17.4. The Morgan fingerprint density at radius 1 is 1.02 bits per heavy atom. The number of Topliss-reactive ketones (excluding diaryl/α,β-unsaturated/α-hetero) is 1. The van der Waals surface area contributed by atoms with Crippen LogP contribution in [0.3, 0.4) is 0 Å². The van der Waals surface area contributed by atoms with E-state index in [4.69, 9.17) is 23.7 Å². The molecular weight excluding hydrogens is 742 g/mol. The van der Waals surface area contributed by atoms with E-state index in [-0.39, 0.29) is 54.9 Å². The fourth-order valence-electron chi connectivity index (χ4n) is 10.2. The largest absolute Gasteiger partial charge is 0.514 e. The lowest BCUT2D eigenvalue weighted by Crippen LogP contribution is -2.71. The number of aliphatic hydroxyl groups excluding tert-OH is 1. The molecule has 0 heterocycles. The van der Waals surface area contributed by atoms with Crippen LogP contribution in [0, 0.1) is 34.5 Å². The summed E-state index contributed by atoms with van der Waals surface area (Å²) in [6, 6.07) is 4.08. The molecule has 4 aliphatic rings. The lowest BCUT2D eigenvalue weighted by Gasteiger charge is -2.63. The summed E-state index contributed by atoms with van der Waals surface area (Å²) in [6.07, 6.45) is 3.27. The van der Waals surface area contributed by atoms with Gasteiger partial charge in [-0.2, -0.15) is 0 Å². The van der Waals surface area contributed by atoms with Crippen molar-refractivity contribution in [2.75, 3.05) is 20.3 Å². The number of ether oxygens (including phenoxy) is 5. The standard InChI is InChI=1S/C44H58F2O11/c1-8-10-14-38(50)57-44(27(4)20-30-31-23-33(45)32-22-29(47)17-18-41(32,5)43(31,46)36(48)24-42(30,44)6)37(49)25-55-40(52)56-34-16-15-28(21-35(34)53-7)39(51)54-19-12-11-13-26(3)9-2/h15-18,21-22,26-27,30-31,33,36,48H,8-14,19-20,23-25H2,1-7H3. The number of unbranched alkanes of at least 4 members (excludes halogenated alkanes) is 2. The number of hydrogen-bond acceptors (Lipinski definition) is 11. The zero-order valence-corrected chi connectivity index (χ0v) is 34.2. The van der Waals surface area contributed by atoms with Gasteiger partial charge in [0.2, 0.25) is 5.78 Å². The van der Waals surface area contributed by atoms with E-state index >= 15 is 8.78 Å². The van der Waals surface area contributed by atoms with E-state index in [1.54, 1.807) is 13.8 Å². The topological polar surface area (TPSA) is 152 Å². The van der Waals surface area contributed by atoms with Crippen LogP contribution in [-0.2, 0) is 28.6 Å². The number of methoxy groups -OCH3 is 1. The third kappa shape index (κ3) is 7.89. The highest BCUT2D eigenvalue weighted by molar-refractivity contribution is 6.01. The van der Waals surface area contributed by atoms with Crippen molar-refractivity contribution in [3.05, 3.63) is 47.6 Å². The van der Waals surface area contributed by atoms with Crippen molar-refractivity contribution < 1.29 is 61.5 Å². The SMILES string of the molecule is CCCCC(=O)OC1(C(=O)COC(=O)Oc2ccc(C(=O)OCCCCC(C)CC)cc2OC)C(C)CC2C3CC(F)C4=CC(=O)C=CC4(C)C3(F)C(O)CC21C. The third-order valence-corrected chi connectivity index (χ3v) is 13.5. The van der Waals surface area contributed by atoms with Crippen molar-refractivity contribution >= 4 is 29.7 Å². The Bertz CT molecular complexity index is 1780. The van der Waals surface area contributed by atoms with Gasteiger partial charge in [0.05, 0.1) is 25.4 Å². The summed E-state index contributed by atoms with van der Waals surface area (Å²) < 4.78 is 61.5. The van der Waals surface area contributed by atoms with E-state index in [1.807, 2.05) is 6.92 Å². The lowest BCUT2D eigenvalue weighted by molar-refractivity contribution is -0.231. The molecular formula is C44H58F2O11. The number of allylic oxidation sites excluding steroid dienone is 4. The van der Waals surface area contributed by atoms with Crippen molar-refractivity contribution in [2.24, 2.45) is 34.5 Å². The maximum absolute atomic E-state index is 17.8. The van der Waals surface area contributed by atoms with Crippen molar-refractivity contribution in [1.29, 1.82) is 0 Å². The molecule has 5 rings (SSSR count). The van der Waals surface area contributed by atoms with Gasteiger partial charge in [-0.1, -0.05) is 60.0 Å². The van der Waals surface area contributed by atoms with Crippen molar-refractivity contribution in [3.8, 4) is 11.5 Å². The smallest absolute Gasteiger partial charge is 0.493 e. The first-order chi connectivity index (χ1) is 26.9. The summed E-state index contributed by atoms with van der Waals surface area (Å²) in [5.74, 6) is -4.61. The molecule has 10 atom stereocenters. The van der Waals surface area contributed by atoms with Gasteiger partial charge in [0.1, 0.15) is 6.17 Å². The van der Waals surface area contributed by atoms with Gasteiger partial charge < -0.3 is 28.8 Å². The third-order valence-electron chi connectivity index (χ3n) is 13.5. The van der Waals surface area contributed by atoms with Crippen LogP contribution in [0.1, 0.15) is 116 Å². The van der Waals surface area contributed by atoms with Gasteiger partial charge >= 0.3 is 18.1 Å². The van der Waals surface area contributed by atoms with Gasteiger partial charge in [0, 0.05) is 29.1 Å². The van der Waals surface area contributed by atoms with Crippen LogP contribution in [-0.4, -0.2) is 78.6 Å². The van der Waals surface area contributed by atoms with Crippen LogP contribution >= 0.6 is 0 Å². The zero-order valence-electron chi connectivity index (χ0n) is 34.2. The minimum Gasteiger partial charge on any atom is -0.493 e. The molecule has 3 fully saturated rings. The predicted molar refractivity (Wildman–Crippen MR) is 205 cm³/mol. The number of alkyl halides is 2. The second-order valence-corrected chi connectivity index (χ2v) is 16.9. The molecule has 0 aromatic heterocycles. The highest BCUT2D eigenvalue weighted by atomic mass is 19.1. The number of rotatable bonds is 16. The maximum Gasteiger partial charge on any atom is 0.514 e. The van der Waals surface area contributed by atoms with Crippen LogP contribution in [0.25, 0.3) is 0 Å². The van der Waals surface area contributed by atoms with Crippen LogP contribution < -0.4 is 9.47 Å². The number of esters is 2. The molecule has 13 heteroatoms. The molecule has 0 radical (unpaired) electrons. The van der Waals surface area contributed by atoms with E-state index in [0.29, 0.717) is 18.8 Å². The van der Waals surface area contributed by atoms with E-state index in [9.17, 15) is 29.1 Å². The molecule has 1 N–H and O–H groups in total. The Balaban J connectivity index is 1.35. The Kier molecular flexibility index (Phi) is 13.4. The van der Waals surface area contributed by atoms with E-state index in [1.165, 1.54) is 44.4 Å². The Hall–Kier alpha value is -4.13. The first-order valence-electron chi connectivity index (χ1n) is 20.3. The molecule has 1 aromatic carbocycles. The van der Waals surface area contributed by atoms with Crippen LogP contribution in [0.15, 0.2) is 42.0 Å². The molecule has 314 valence electrons. The highest BCUT2D eigenvalue weighted by Crippen LogP contribution is 2.71. The Labute approximate surface area is 333 Å². The first-order valence-corrected chi connectivity index (χ1v) is 20.3. The van der Waals surface area contributed by atoms with Crippen molar-refractivity contribution in [1.82, 2.24) is 0 Å². The van der Waals surface area contributed by atoms with Gasteiger partial charge in [-0.3, -0.25) is 14.4 Å². The molecule has 0 spiro atoms. The Morgan fingerprint density at radius 3 is 2.44 bits per heavy atom. The monoisotopic (exact) mass is 800 g/mol. The number of benzene rings is 1. The number of aliphatic hydroxyl groups is 1. The number of fused-ring (bicyclic) bond motifs is 5. The molecule has 0 saturated heterocycles. The summed E-state index contributed by atoms with van der Waals surface area (Å²) in [5.41, 5.74) is -7.30. The fourth-order valence-corrected chi connectivity index (χ4v) is 10.2. The predicted octanol–water partition coefficient (Wildman–Crippen LogP) is 8.19. The molecule has 3 saturated carbocycles. The molecule has 0 bridgehead atoms. The minimum absolute atomic E-state index is 0.0138. The summed E-state index contributed by atoms with van der Waals surface area (Å²) >= 11 is 0. The van der Waals surface area contributed by atoms with Gasteiger partial charge in [-0.05, 0) is 93.2 Å². The normalized spacial score (nSPS) is 33.2. The van der Waals surface area contributed by atoms with Gasteiger partial charge in [-0.25, -0.2) is 18.4 Å². The van der Waals surface area contributed by atoms with Crippen molar-refractivity contribution in [2.45, 2.75) is 129 Å². The number of halogens is 2. The maximum atomic E-state index is 17.8. The molecule has 4 aliphatic carbocycles. The molecule has 1 aromatic rings. The number of ketones is 2. The van der Waals surface area contributed by atoms with Crippen molar-refractivity contribution in [3.63, 3.8) is 0 Å². The molecule has 57 heavy (non-hydrogen) atoms. The Morgan fingerprint density at radius 2 is 1.75 bits per heavy atom. The molecule has 0 amide bonds. The van der Waals surface area contributed by atoms with Gasteiger partial charge in [0.25, 0.3) is 0 Å². The quantitative estimate of drug-likeness (QED) is 0.0746. The molecule has 0 aliphatic heterocycles. The average Bonchev–Trinajstić information content (AvgIpc) is 3.39. The van der Waals surface area contributed by atoms with E-state index in [2.05, 4.69) is 13.8 Å². The fraction of sp³-hybridized carbons (Fsp3) is 0.659. The van der Waals surface area contributed by atoms with Gasteiger partial charge in [-0.15, -0.1) is 0 Å². The zero-order chi connectivity index (χ0) is 41.9. The van der Waals surface area contributed by atoms with E-state index < -0.39 is 88.4 Å². The number of carbonyl (C=O) groups is 5. The minimum atomic E-state index is -2.41. The summed E-state index contributed by atoms with van der Waals surface area (Å²) in [7, 11) is 1.32. The van der Waals surface area contributed by atoms with Crippen LogP contribution in [0.4, 0.5) is 13.6 Å². The summed E-state index contributed by atoms with van der Waals surface area (Å²) in [6.45, 7) is 10.4. The average molecular weight is 801 g/mol. The highest BCUT2D eigenvalue weighted by Gasteiger charge is 2.78. The molecule has 11 nitrogen and oxygen atoms in total. The first kappa shape index (κ1) is 44.0. The second-order valence-electron chi connectivity index (χ2n) is 16.9. The number of carbonyl (C=O) groups excluding carboxylic acids is 5. The number of hydrogen-bond donors (Lipinski definition) is 1. The molecule has 10 unspecified atom stereocenters. The summed E-state index contributed by atoms with van der Waals surface area (Å²) in [4.78, 5) is 66.0. The summed E-state index contributed by atoms with van der Waals surface area (Å²) in [5, 5.41) is 11.8. The van der Waals surface area contributed by atoms with Crippen LogP contribution in [0.2, 0.25) is 0 Å². The lowest BCUT2D eigenvalue weighted by atomic mass is 9.44. The van der Waals surface area contributed by atoms with E-state index in [0.717, 1.165) is 31.8 Å².